The molecule has 0 fully saturated rings. The lowest BCUT2D eigenvalue weighted by Gasteiger charge is -2.35. The molecule has 4 rings (SSSR count). The van der Waals surface area contributed by atoms with Gasteiger partial charge in [0.15, 0.2) is 5.82 Å². The summed E-state index contributed by atoms with van der Waals surface area (Å²) in [7, 11) is 0. The molecule has 0 saturated heterocycles. The molecule has 0 aliphatic carbocycles. The first-order valence-electron chi connectivity index (χ1n) is 8.99. The number of anilines is 3. The highest BCUT2D eigenvalue weighted by atomic mass is 16.5. The van der Waals surface area contributed by atoms with E-state index in [2.05, 4.69) is 39.2 Å². The van der Waals surface area contributed by atoms with Crippen molar-refractivity contribution in [2.45, 2.75) is 19.9 Å². The van der Waals surface area contributed by atoms with Crippen LogP contribution >= 0.6 is 0 Å². The molecule has 3 N–H and O–H groups in total. The number of fused-ring (bicyclic) bond motifs is 1. The first-order chi connectivity index (χ1) is 14.0. The van der Waals surface area contributed by atoms with E-state index in [0.29, 0.717) is 11.6 Å². The van der Waals surface area contributed by atoms with Gasteiger partial charge in [0.25, 0.3) is 0 Å². The van der Waals surface area contributed by atoms with Gasteiger partial charge in [-0.15, -0.1) is 0 Å². The van der Waals surface area contributed by atoms with E-state index in [-0.39, 0.29) is 17.4 Å². The molecule has 2 aromatic heterocycles. The fourth-order valence-electron chi connectivity index (χ4n) is 3.51. The minimum Gasteiger partial charge on any atom is -0.382 e. The van der Waals surface area contributed by atoms with Gasteiger partial charge in [-0.05, 0) is 31.1 Å². The van der Waals surface area contributed by atoms with Gasteiger partial charge in [-0.2, -0.15) is 5.26 Å². The Morgan fingerprint density at radius 1 is 1.31 bits per heavy atom. The Kier molecular flexibility index (Phi) is 4.49. The van der Waals surface area contributed by atoms with Crippen molar-refractivity contribution in [1.29, 1.82) is 5.26 Å². The standard InChI is InChI=1S/C21H19N7O/c1-12-5-4-6-15-9-17(28(14(3)19(12)15)18-7-8-29-27-18)13(2)26-21-16(10-22)20(23)24-11-25-21/h4-9,11,13H,3H2,1-2H3,(H3,23,24,25,26). The lowest BCUT2D eigenvalue weighted by atomic mass is 9.92. The van der Waals surface area contributed by atoms with Gasteiger partial charge in [-0.3, -0.25) is 4.90 Å². The van der Waals surface area contributed by atoms with Crippen molar-refractivity contribution in [3.05, 3.63) is 71.4 Å². The second-order valence-electron chi connectivity index (χ2n) is 6.71. The molecule has 1 atom stereocenters. The molecule has 0 spiro atoms. The Labute approximate surface area is 168 Å². The number of nitriles is 1. The summed E-state index contributed by atoms with van der Waals surface area (Å²) in [6, 6.07) is 9.68. The molecular formula is C21H19N7O. The monoisotopic (exact) mass is 385 g/mol. The Morgan fingerprint density at radius 3 is 2.86 bits per heavy atom. The van der Waals surface area contributed by atoms with Gasteiger partial charge in [0.2, 0.25) is 0 Å². The second kappa shape index (κ2) is 7.13. The van der Waals surface area contributed by atoms with Crippen LogP contribution in [0.2, 0.25) is 0 Å². The number of aryl methyl sites for hydroxylation is 1. The summed E-state index contributed by atoms with van der Waals surface area (Å²) in [4.78, 5) is 10.0. The first-order valence-corrected chi connectivity index (χ1v) is 8.99. The number of nitrogens with two attached hydrogens (primary N) is 1. The Morgan fingerprint density at radius 2 is 2.14 bits per heavy atom. The molecule has 0 amide bonds. The van der Waals surface area contributed by atoms with E-state index in [9.17, 15) is 5.26 Å². The highest BCUT2D eigenvalue weighted by Gasteiger charge is 2.29. The predicted octanol–water partition coefficient (Wildman–Crippen LogP) is 3.56. The zero-order valence-electron chi connectivity index (χ0n) is 16.0. The number of nitrogens with one attached hydrogen (secondary N) is 1. The zero-order chi connectivity index (χ0) is 20.5. The summed E-state index contributed by atoms with van der Waals surface area (Å²) >= 11 is 0. The molecule has 1 unspecified atom stereocenters. The Balaban J connectivity index is 1.80. The summed E-state index contributed by atoms with van der Waals surface area (Å²) < 4.78 is 5.07. The van der Waals surface area contributed by atoms with Crippen LogP contribution in [-0.4, -0.2) is 21.2 Å². The number of nitrogen functional groups attached to an aromatic ring is 1. The molecule has 1 aliphatic heterocycles. The van der Waals surface area contributed by atoms with E-state index in [1.165, 1.54) is 12.6 Å². The van der Waals surface area contributed by atoms with Gasteiger partial charge in [-0.1, -0.05) is 29.9 Å². The van der Waals surface area contributed by atoms with Crippen molar-refractivity contribution in [3.8, 4) is 6.07 Å². The van der Waals surface area contributed by atoms with Crippen LogP contribution in [0, 0.1) is 18.3 Å². The van der Waals surface area contributed by atoms with Crippen molar-refractivity contribution in [2.75, 3.05) is 16.0 Å². The number of hydrogen-bond acceptors (Lipinski definition) is 8. The molecule has 0 bridgehead atoms. The van der Waals surface area contributed by atoms with Crippen LogP contribution in [0.25, 0.3) is 11.8 Å². The zero-order valence-corrected chi connectivity index (χ0v) is 16.0. The van der Waals surface area contributed by atoms with Gasteiger partial charge in [0, 0.05) is 23.0 Å². The van der Waals surface area contributed by atoms with E-state index in [1.807, 2.05) is 36.9 Å². The van der Waals surface area contributed by atoms with Crippen LogP contribution in [0.3, 0.4) is 0 Å². The van der Waals surface area contributed by atoms with E-state index in [1.54, 1.807) is 6.07 Å². The third kappa shape index (κ3) is 3.08. The highest BCUT2D eigenvalue weighted by Crippen LogP contribution is 2.39. The quantitative estimate of drug-likeness (QED) is 0.700. The molecule has 29 heavy (non-hydrogen) atoms. The average molecular weight is 385 g/mol. The summed E-state index contributed by atoms with van der Waals surface area (Å²) in [5, 5.41) is 16.8. The minimum atomic E-state index is -0.251. The molecule has 144 valence electrons. The smallest absolute Gasteiger partial charge is 0.180 e. The molecule has 8 nitrogen and oxygen atoms in total. The summed E-state index contributed by atoms with van der Waals surface area (Å²) in [5.74, 6) is 1.12. The molecular weight excluding hydrogens is 366 g/mol. The molecule has 3 heterocycles. The molecule has 1 aliphatic rings. The third-order valence-electron chi connectivity index (χ3n) is 4.86. The highest BCUT2D eigenvalue weighted by molar-refractivity contribution is 5.92. The Bertz CT molecular complexity index is 1160. The molecule has 0 saturated carbocycles. The van der Waals surface area contributed by atoms with Crippen molar-refractivity contribution in [2.24, 2.45) is 0 Å². The van der Waals surface area contributed by atoms with E-state index in [0.717, 1.165) is 28.1 Å². The van der Waals surface area contributed by atoms with Gasteiger partial charge >= 0.3 is 0 Å². The number of rotatable bonds is 4. The third-order valence-corrected chi connectivity index (χ3v) is 4.86. The number of aromatic nitrogens is 3. The SMILES string of the molecule is C=C1c2c(C)cccc2C=C(C(C)Nc2ncnc(N)c2C#N)N1c1ccon1. The molecule has 0 radical (unpaired) electrons. The van der Waals surface area contributed by atoms with Crippen LogP contribution in [0.4, 0.5) is 17.5 Å². The topological polar surface area (TPSA) is 117 Å². The normalized spacial score (nSPS) is 14.0. The lowest BCUT2D eigenvalue weighted by molar-refractivity contribution is 0.421. The van der Waals surface area contributed by atoms with Crippen LogP contribution < -0.4 is 16.0 Å². The van der Waals surface area contributed by atoms with Crippen molar-refractivity contribution < 1.29 is 4.52 Å². The minimum absolute atomic E-state index is 0.133. The van der Waals surface area contributed by atoms with Gasteiger partial charge in [0.05, 0.1) is 6.04 Å². The fourth-order valence-corrected chi connectivity index (χ4v) is 3.51. The van der Waals surface area contributed by atoms with E-state index < -0.39 is 0 Å². The maximum absolute atomic E-state index is 9.42. The molecule has 3 aromatic rings. The fraction of sp³-hybridized carbons (Fsp3) is 0.143. The summed E-state index contributed by atoms with van der Waals surface area (Å²) in [6.45, 7) is 8.33. The van der Waals surface area contributed by atoms with E-state index >= 15 is 0 Å². The van der Waals surface area contributed by atoms with Gasteiger partial charge in [-0.25, -0.2) is 9.97 Å². The number of hydrogen-bond donors (Lipinski definition) is 2. The van der Waals surface area contributed by atoms with Crippen LogP contribution in [0.5, 0.6) is 0 Å². The van der Waals surface area contributed by atoms with Crippen molar-refractivity contribution in [3.63, 3.8) is 0 Å². The number of benzene rings is 1. The Hall–Kier alpha value is -4.12. The largest absolute Gasteiger partial charge is 0.382 e. The van der Waals surface area contributed by atoms with Crippen molar-refractivity contribution >= 4 is 29.2 Å². The van der Waals surface area contributed by atoms with Gasteiger partial charge < -0.3 is 15.6 Å². The number of nitrogens with zero attached hydrogens (tertiary/aromatic N) is 5. The average Bonchev–Trinajstić information content (AvgIpc) is 3.22. The maximum Gasteiger partial charge on any atom is 0.180 e. The summed E-state index contributed by atoms with van der Waals surface area (Å²) in [5.41, 5.74) is 10.9. The molecule has 8 heteroatoms. The predicted molar refractivity (Wildman–Crippen MR) is 111 cm³/mol. The van der Waals surface area contributed by atoms with Crippen LogP contribution in [0.15, 0.2) is 53.7 Å². The second-order valence-corrected chi connectivity index (χ2v) is 6.71. The van der Waals surface area contributed by atoms with Crippen LogP contribution in [0.1, 0.15) is 29.2 Å². The maximum atomic E-state index is 9.42. The first kappa shape index (κ1) is 18.3. The lowest BCUT2D eigenvalue weighted by Crippen LogP contribution is -2.34. The molecule has 1 aromatic carbocycles. The van der Waals surface area contributed by atoms with E-state index in [4.69, 9.17) is 10.3 Å². The van der Waals surface area contributed by atoms with Gasteiger partial charge in [0.1, 0.15) is 35.9 Å². The van der Waals surface area contributed by atoms with Crippen molar-refractivity contribution in [1.82, 2.24) is 15.1 Å². The summed E-state index contributed by atoms with van der Waals surface area (Å²) in [6.07, 6.45) is 4.91. The van der Waals surface area contributed by atoms with Crippen LogP contribution in [-0.2, 0) is 0 Å².